The Labute approximate surface area is 152 Å². The highest BCUT2D eigenvalue weighted by Gasteiger charge is 2.30. The number of sulfonamides is 1. The van der Waals surface area contributed by atoms with E-state index >= 15 is 0 Å². The van der Waals surface area contributed by atoms with Gasteiger partial charge in [0.1, 0.15) is 5.84 Å². The van der Waals surface area contributed by atoms with E-state index < -0.39 is 20.1 Å². The van der Waals surface area contributed by atoms with E-state index in [2.05, 4.69) is 9.71 Å². The van der Waals surface area contributed by atoms with Gasteiger partial charge >= 0.3 is 0 Å². The van der Waals surface area contributed by atoms with E-state index in [4.69, 9.17) is 4.18 Å². The number of aryl methyl sites for hydroxylation is 2. The Morgan fingerprint density at radius 3 is 2.58 bits per heavy atom. The van der Waals surface area contributed by atoms with Crippen LogP contribution in [0.5, 0.6) is 0 Å². The van der Waals surface area contributed by atoms with E-state index in [-0.39, 0.29) is 28.8 Å². The number of amidine groups is 1. The lowest BCUT2D eigenvalue weighted by Gasteiger charge is -2.08. The van der Waals surface area contributed by atoms with Gasteiger partial charge in [-0.15, -0.1) is 0 Å². The quantitative estimate of drug-likeness (QED) is 0.615. The van der Waals surface area contributed by atoms with Crippen LogP contribution < -0.4 is 4.72 Å². The summed E-state index contributed by atoms with van der Waals surface area (Å²) in [5.74, 6) is 0.188. The average Bonchev–Trinajstić information content (AvgIpc) is 2.82. The molecule has 9 heteroatoms. The predicted octanol–water partition coefficient (Wildman–Crippen LogP) is 1.75. The Hall–Kier alpha value is -2.23. The van der Waals surface area contributed by atoms with Gasteiger partial charge in [-0.2, -0.15) is 8.42 Å². The molecule has 0 bridgehead atoms. The highest BCUT2D eigenvalue weighted by atomic mass is 32.2. The minimum atomic E-state index is -3.89. The summed E-state index contributed by atoms with van der Waals surface area (Å²) in [6, 6.07) is 11.4. The van der Waals surface area contributed by atoms with Crippen molar-refractivity contribution in [3.63, 3.8) is 0 Å². The summed E-state index contributed by atoms with van der Waals surface area (Å²) in [6.07, 6.45) is 0. The van der Waals surface area contributed by atoms with Crippen molar-refractivity contribution in [2.24, 2.45) is 4.99 Å². The number of fused-ring (bicyclic) bond motifs is 1. The van der Waals surface area contributed by atoms with Crippen molar-refractivity contribution >= 4 is 26.0 Å². The molecule has 0 saturated carbocycles. The van der Waals surface area contributed by atoms with Crippen molar-refractivity contribution in [2.45, 2.75) is 23.6 Å². The largest absolute Gasteiger partial charge is 0.297 e. The molecule has 0 spiro atoms. The summed E-state index contributed by atoms with van der Waals surface area (Å²) in [7, 11) is -7.51. The second kappa shape index (κ2) is 6.82. The molecule has 0 atom stereocenters. The van der Waals surface area contributed by atoms with Gasteiger partial charge in [-0.1, -0.05) is 29.8 Å². The highest BCUT2D eigenvalue weighted by Crippen LogP contribution is 2.22. The molecule has 2 aromatic carbocycles. The number of aliphatic imine (C=N–C) groups is 1. The summed E-state index contributed by atoms with van der Waals surface area (Å²) >= 11 is 0. The van der Waals surface area contributed by atoms with Gasteiger partial charge in [0.2, 0.25) is 0 Å². The Balaban J connectivity index is 1.70. The fraction of sp³-hybridized carbons (Fsp3) is 0.235. The summed E-state index contributed by atoms with van der Waals surface area (Å²) < 4.78 is 55.9. The van der Waals surface area contributed by atoms with Crippen LogP contribution in [-0.2, 0) is 24.3 Å². The van der Waals surface area contributed by atoms with Crippen LogP contribution in [0.3, 0.4) is 0 Å². The molecule has 0 fully saturated rings. The highest BCUT2D eigenvalue weighted by molar-refractivity contribution is 7.90. The zero-order chi connectivity index (χ0) is 18.9. The fourth-order valence-electron chi connectivity index (χ4n) is 2.70. The molecule has 0 saturated heterocycles. The molecule has 0 aromatic heterocycles. The first-order chi connectivity index (χ1) is 12.2. The first-order valence-corrected chi connectivity index (χ1v) is 10.7. The van der Waals surface area contributed by atoms with Gasteiger partial charge in [0, 0.05) is 5.56 Å². The number of hydrogen-bond donors (Lipinski definition) is 1. The fourth-order valence-corrected chi connectivity index (χ4v) is 5.06. The van der Waals surface area contributed by atoms with Crippen LogP contribution >= 0.6 is 0 Å². The SMILES string of the molecule is Cc1ccc(S(=O)(=O)OCCN=C2NS(=O)(=O)c3ccccc32)c(C)c1. The summed E-state index contributed by atoms with van der Waals surface area (Å²) in [5, 5.41) is 0. The van der Waals surface area contributed by atoms with Crippen molar-refractivity contribution in [2.75, 3.05) is 13.2 Å². The topological polar surface area (TPSA) is 102 Å². The lowest BCUT2D eigenvalue weighted by molar-refractivity contribution is 0.327. The molecule has 138 valence electrons. The minimum absolute atomic E-state index is 0.00364. The molecule has 1 N–H and O–H groups in total. The van der Waals surface area contributed by atoms with E-state index in [0.717, 1.165) is 5.56 Å². The number of hydrogen-bond acceptors (Lipinski definition) is 6. The van der Waals surface area contributed by atoms with Crippen LogP contribution in [0, 0.1) is 13.8 Å². The van der Waals surface area contributed by atoms with Gasteiger partial charge < -0.3 is 0 Å². The monoisotopic (exact) mass is 394 g/mol. The lowest BCUT2D eigenvalue weighted by Crippen LogP contribution is -2.23. The van der Waals surface area contributed by atoms with E-state index in [9.17, 15) is 16.8 Å². The van der Waals surface area contributed by atoms with Crippen molar-refractivity contribution < 1.29 is 21.0 Å². The normalized spacial score (nSPS) is 17.1. The van der Waals surface area contributed by atoms with E-state index in [1.165, 1.54) is 12.1 Å². The summed E-state index contributed by atoms with van der Waals surface area (Å²) in [4.78, 5) is 4.40. The first kappa shape index (κ1) is 18.6. The Kier molecular flexibility index (Phi) is 4.87. The lowest BCUT2D eigenvalue weighted by atomic mass is 10.2. The third-order valence-electron chi connectivity index (χ3n) is 3.86. The van der Waals surface area contributed by atoms with Crippen LogP contribution in [0.15, 0.2) is 57.2 Å². The number of nitrogens with zero attached hydrogens (tertiary/aromatic N) is 1. The van der Waals surface area contributed by atoms with Gasteiger partial charge in [0.15, 0.2) is 0 Å². The van der Waals surface area contributed by atoms with Crippen LogP contribution in [0.25, 0.3) is 0 Å². The maximum Gasteiger partial charge on any atom is 0.297 e. The Morgan fingerprint density at radius 2 is 1.85 bits per heavy atom. The van der Waals surface area contributed by atoms with Crippen LogP contribution in [0.4, 0.5) is 0 Å². The summed E-state index contributed by atoms with van der Waals surface area (Å²) in [5.41, 5.74) is 2.03. The zero-order valence-corrected chi connectivity index (χ0v) is 15.9. The number of rotatable bonds is 5. The molecule has 3 rings (SSSR count). The summed E-state index contributed by atoms with van der Waals surface area (Å²) in [6.45, 7) is 3.38. The third-order valence-corrected chi connectivity index (χ3v) is 6.73. The molecule has 0 unspecified atom stereocenters. The van der Waals surface area contributed by atoms with Crippen molar-refractivity contribution in [1.82, 2.24) is 4.72 Å². The van der Waals surface area contributed by atoms with E-state index in [1.807, 2.05) is 6.92 Å². The molecular weight excluding hydrogens is 376 g/mol. The Bertz CT molecular complexity index is 1090. The molecule has 26 heavy (non-hydrogen) atoms. The maximum absolute atomic E-state index is 12.3. The molecule has 0 aliphatic carbocycles. The first-order valence-electron chi connectivity index (χ1n) is 7.84. The molecule has 1 aliphatic heterocycles. The molecular formula is C17H18N2O5S2. The van der Waals surface area contributed by atoms with E-state index in [1.54, 1.807) is 37.3 Å². The molecule has 2 aromatic rings. The second-order valence-corrected chi connectivity index (χ2v) is 9.11. The molecule has 0 radical (unpaired) electrons. The van der Waals surface area contributed by atoms with Gasteiger partial charge in [0.05, 0.1) is 22.9 Å². The smallest absolute Gasteiger partial charge is 0.265 e. The molecule has 1 aliphatic rings. The molecule has 1 heterocycles. The maximum atomic E-state index is 12.3. The van der Waals surface area contributed by atoms with Crippen LogP contribution in [0.2, 0.25) is 0 Å². The predicted molar refractivity (Wildman–Crippen MR) is 97.2 cm³/mol. The molecule has 7 nitrogen and oxygen atoms in total. The zero-order valence-electron chi connectivity index (χ0n) is 14.3. The van der Waals surface area contributed by atoms with Gasteiger partial charge in [0.25, 0.3) is 20.1 Å². The van der Waals surface area contributed by atoms with Crippen molar-refractivity contribution in [3.8, 4) is 0 Å². The van der Waals surface area contributed by atoms with E-state index in [0.29, 0.717) is 11.1 Å². The van der Waals surface area contributed by atoms with Crippen molar-refractivity contribution in [3.05, 3.63) is 59.2 Å². The van der Waals surface area contributed by atoms with Crippen molar-refractivity contribution in [1.29, 1.82) is 0 Å². The van der Waals surface area contributed by atoms with Crippen LogP contribution in [-0.4, -0.2) is 35.8 Å². The number of nitrogens with one attached hydrogen (secondary N) is 1. The second-order valence-electron chi connectivity index (χ2n) is 5.88. The van der Waals surface area contributed by atoms with Gasteiger partial charge in [-0.3, -0.25) is 13.9 Å². The third kappa shape index (κ3) is 3.64. The van der Waals surface area contributed by atoms with Crippen LogP contribution in [0.1, 0.15) is 16.7 Å². The molecule has 0 amide bonds. The number of benzene rings is 2. The van der Waals surface area contributed by atoms with Gasteiger partial charge in [-0.05, 0) is 37.6 Å². The van der Waals surface area contributed by atoms with Gasteiger partial charge in [-0.25, -0.2) is 8.42 Å². The standard InChI is InChI=1S/C17H18N2O5S2/c1-12-7-8-15(13(2)11-12)26(22,23)24-10-9-18-17-14-5-3-4-6-16(14)25(20,21)19-17/h3-8,11H,9-10H2,1-2H3,(H,18,19). The average molecular weight is 394 g/mol. The minimum Gasteiger partial charge on any atom is -0.265 e. The Morgan fingerprint density at radius 1 is 1.12 bits per heavy atom.